The highest BCUT2D eigenvalue weighted by Crippen LogP contribution is 2.32. The maximum atomic E-state index is 14.6. The first-order chi connectivity index (χ1) is 13.5. The Kier molecular flexibility index (Phi) is 5.83. The average molecular weight is 380 g/mol. The molecule has 4 nitrogen and oxygen atoms in total. The summed E-state index contributed by atoms with van der Waals surface area (Å²) in [5, 5.41) is 0. The van der Waals surface area contributed by atoms with Crippen molar-refractivity contribution in [1.82, 2.24) is 9.47 Å². The van der Waals surface area contributed by atoms with Gasteiger partial charge in [0, 0.05) is 18.8 Å². The highest BCUT2D eigenvalue weighted by atomic mass is 19.1. The normalized spacial score (nSPS) is 10.8. The standard InChI is InChI=1S/C23H25FN2O2/c1-5-25(6-2)23(27)19-15-22(17-11-13-18(28-4)14-12-17)26(16(19)3)21-10-8-7-9-20(21)24/h7-15H,5-6H2,1-4H3. The van der Waals surface area contributed by atoms with E-state index < -0.39 is 0 Å². The Morgan fingerprint density at radius 3 is 2.29 bits per heavy atom. The smallest absolute Gasteiger partial charge is 0.255 e. The van der Waals surface area contributed by atoms with Crippen molar-refractivity contribution in [2.45, 2.75) is 20.8 Å². The number of hydrogen-bond donors (Lipinski definition) is 0. The van der Waals surface area contributed by atoms with Crippen molar-refractivity contribution in [2.24, 2.45) is 0 Å². The first-order valence-electron chi connectivity index (χ1n) is 9.42. The van der Waals surface area contributed by atoms with Gasteiger partial charge in [0.25, 0.3) is 5.91 Å². The van der Waals surface area contributed by atoms with Gasteiger partial charge in [-0.05, 0) is 68.8 Å². The van der Waals surface area contributed by atoms with Gasteiger partial charge in [-0.3, -0.25) is 4.79 Å². The number of amides is 1. The number of para-hydroxylation sites is 1. The third-order valence-electron chi connectivity index (χ3n) is 5.01. The molecule has 0 unspecified atom stereocenters. The van der Waals surface area contributed by atoms with Crippen LogP contribution in [0.25, 0.3) is 16.9 Å². The van der Waals surface area contributed by atoms with Crippen LogP contribution in [0.2, 0.25) is 0 Å². The molecule has 0 bridgehead atoms. The van der Waals surface area contributed by atoms with Gasteiger partial charge < -0.3 is 14.2 Å². The lowest BCUT2D eigenvalue weighted by atomic mass is 10.1. The number of nitrogens with zero attached hydrogens (tertiary/aromatic N) is 2. The Labute approximate surface area is 165 Å². The number of halogens is 1. The molecule has 0 aliphatic rings. The van der Waals surface area contributed by atoms with Crippen LogP contribution in [0.4, 0.5) is 4.39 Å². The van der Waals surface area contributed by atoms with Crippen molar-refractivity contribution in [1.29, 1.82) is 0 Å². The van der Waals surface area contributed by atoms with Gasteiger partial charge in [-0.15, -0.1) is 0 Å². The second-order valence-corrected chi connectivity index (χ2v) is 6.52. The van der Waals surface area contributed by atoms with Crippen LogP contribution in [0.5, 0.6) is 5.75 Å². The van der Waals surface area contributed by atoms with E-state index in [9.17, 15) is 9.18 Å². The van der Waals surface area contributed by atoms with Gasteiger partial charge in [-0.1, -0.05) is 12.1 Å². The van der Waals surface area contributed by atoms with Crippen LogP contribution in [0, 0.1) is 12.7 Å². The monoisotopic (exact) mass is 380 g/mol. The predicted octanol–water partition coefficient (Wildman–Crippen LogP) is 5.08. The highest BCUT2D eigenvalue weighted by Gasteiger charge is 2.23. The third kappa shape index (κ3) is 3.52. The summed E-state index contributed by atoms with van der Waals surface area (Å²) >= 11 is 0. The molecular formula is C23H25FN2O2. The molecule has 28 heavy (non-hydrogen) atoms. The zero-order valence-corrected chi connectivity index (χ0v) is 16.7. The fourth-order valence-corrected chi connectivity index (χ4v) is 3.42. The van der Waals surface area contributed by atoms with Gasteiger partial charge in [-0.25, -0.2) is 4.39 Å². The largest absolute Gasteiger partial charge is 0.497 e. The van der Waals surface area contributed by atoms with Crippen LogP contribution in [-0.4, -0.2) is 35.6 Å². The summed E-state index contributed by atoms with van der Waals surface area (Å²) in [5.74, 6) is 0.356. The highest BCUT2D eigenvalue weighted by molar-refractivity contribution is 5.97. The predicted molar refractivity (Wildman–Crippen MR) is 110 cm³/mol. The minimum absolute atomic E-state index is 0.0487. The van der Waals surface area contributed by atoms with Gasteiger partial charge in [-0.2, -0.15) is 0 Å². The molecule has 0 atom stereocenters. The van der Waals surface area contributed by atoms with Gasteiger partial charge in [0.1, 0.15) is 11.6 Å². The summed E-state index contributed by atoms with van der Waals surface area (Å²) in [6.07, 6.45) is 0. The summed E-state index contributed by atoms with van der Waals surface area (Å²) in [5.41, 5.74) is 3.36. The van der Waals surface area contributed by atoms with E-state index >= 15 is 0 Å². The molecule has 0 spiro atoms. The molecule has 0 radical (unpaired) electrons. The molecule has 0 saturated heterocycles. The van der Waals surface area contributed by atoms with E-state index in [0.717, 1.165) is 17.0 Å². The molecule has 5 heteroatoms. The van der Waals surface area contributed by atoms with Crippen LogP contribution in [0.1, 0.15) is 29.9 Å². The lowest BCUT2D eigenvalue weighted by Gasteiger charge is -2.18. The molecule has 0 aliphatic carbocycles. The second-order valence-electron chi connectivity index (χ2n) is 6.52. The molecule has 0 fully saturated rings. The number of methoxy groups -OCH3 is 1. The van der Waals surface area contributed by atoms with Crippen molar-refractivity contribution in [3.8, 4) is 22.7 Å². The topological polar surface area (TPSA) is 34.5 Å². The Morgan fingerprint density at radius 2 is 1.71 bits per heavy atom. The first kappa shape index (κ1) is 19.7. The number of carbonyl (C=O) groups excluding carboxylic acids is 1. The Morgan fingerprint density at radius 1 is 1.07 bits per heavy atom. The zero-order valence-electron chi connectivity index (χ0n) is 16.7. The molecule has 146 valence electrons. The number of benzene rings is 2. The van der Waals surface area contributed by atoms with Crippen molar-refractivity contribution >= 4 is 5.91 Å². The van der Waals surface area contributed by atoms with E-state index in [1.165, 1.54) is 6.07 Å². The minimum atomic E-state index is -0.335. The van der Waals surface area contributed by atoms with Gasteiger partial charge in [0.15, 0.2) is 0 Å². The summed E-state index contributed by atoms with van der Waals surface area (Å²) < 4.78 is 21.7. The number of hydrogen-bond acceptors (Lipinski definition) is 2. The fourth-order valence-electron chi connectivity index (χ4n) is 3.42. The quantitative estimate of drug-likeness (QED) is 0.597. The number of carbonyl (C=O) groups is 1. The maximum Gasteiger partial charge on any atom is 0.255 e. The number of rotatable bonds is 6. The molecule has 0 aliphatic heterocycles. The van der Waals surface area contributed by atoms with E-state index in [0.29, 0.717) is 30.0 Å². The molecule has 1 heterocycles. The lowest BCUT2D eigenvalue weighted by molar-refractivity contribution is 0.0772. The van der Waals surface area contributed by atoms with E-state index in [1.54, 1.807) is 30.2 Å². The second kappa shape index (κ2) is 8.30. The SMILES string of the molecule is CCN(CC)C(=O)c1cc(-c2ccc(OC)cc2)n(-c2ccccc2F)c1C. The summed E-state index contributed by atoms with van der Waals surface area (Å²) in [4.78, 5) is 14.8. The molecule has 1 amide bonds. The van der Waals surface area contributed by atoms with Crippen LogP contribution in [0.15, 0.2) is 54.6 Å². The summed E-state index contributed by atoms with van der Waals surface area (Å²) in [6.45, 7) is 7.01. The van der Waals surface area contributed by atoms with E-state index in [1.807, 2.05) is 55.7 Å². The Balaban J connectivity index is 2.23. The van der Waals surface area contributed by atoms with Crippen LogP contribution < -0.4 is 4.74 Å². The average Bonchev–Trinajstić information content (AvgIpc) is 3.06. The van der Waals surface area contributed by atoms with Gasteiger partial charge in [0.2, 0.25) is 0 Å². The summed E-state index contributed by atoms with van der Waals surface area (Å²) in [7, 11) is 1.61. The molecule has 2 aromatic carbocycles. The number of ether oxygens (including phenoxy) is 1. The van der Waals surface area contributed by atoms with Crippen molar-refractivity contribution in [3.05, 3.63) is 71.7 Å². The van der Waals surface area contributed by atoms with E-state index in [-0.39, 0.29) is 11.7 Å². The fraction of sp³-hybridized carbons (Fsp3) is 0.261. The molecule has 0 N–H and O–H groups in total. The first-order valence-corrected chi connectivity index (χ1v) is 9.42. The van der Waals surface area contributed by atoms with Gasteiger partial charge in [0.05, 0.1) is 24.1 Å². The van der Waals surface area contributed by atoms with Crippen LogP contribution in [0.3, 0.4) is 0 Å². The summed E-state index contributed by atoms with van der Waals surface area (Å²) in [6, 6.07) is 16.0. The molecule has 3 rings (SSSR count). The van der Waals surface area contributed by atoms with Gasteiger partial charge >= 0.3 is 0 Å². The number of aromatic nitrogens is 1. The van der Waals surface area contributed by atoms with E-state index in [4.69, 9.17) is 4.74 Å². The molecule has 1 aromatic heterocycles. The van der Waals surface area contributed by atoms with E-state index in [2.05, 4.69) is 0 Å². The minimum Gasteiger partial charge on any atom is -0.497 e. The molecular weight excluding hydrogens is 355 g/mol. The molecule has 0 saturated carbocycles. The third-order valence-corrected chi connectivity index (χ3v) is 5.01. The van der Waals surface area contributed by atoms with Crippen LogP contribution in [-0.2, 0) is 0 Å². The Bertz CT molecular complexity index is 973. The lowest BCUT2D eigenvalue weighted by Crippen LogP contribution is -2.30. The molecule has 3 aromatic rings. The van der Waals surface area contributed by atoms with Crippen molar-refractivity contribution in [2.75, 3.05) is 20.2 Å². The van der Waals surface area contributed by atoms with Crippen molar-refractivity contribution in [3.63, 3.8) is 0 Å². The van der Waals surface area contributed by atoms with Crippen LogP contribution >= 0.6 is 0 Å². The maximum absolute atomic E-state index is 14.6. The zero-order chi connectivity index (χ0) is 20.3. The van der Waals surface area contributed by atoms with Crippen molar-refractivity contribution < 1.29 is 13.9 Å². The Hall–Kier alpha value is -3.08.